The molecule has 1 heterocycles. The molecule has 1 saturated heterocycles. The number of hydrogen-bond acceptors (Lipinski definition) is 3. The predicted molar refractivity (Wildman–Crippen MR) is 53.3 cm³/mol. The lowest BCUT2D eigenvalue weighted by molar-refractivity contribution is -0.137. The number of aliphatic carboxylic acids is 1. The summed E-state index contributed by atoms with van der Waals surface area (Å²) < 4.78 is 5.38. The van der Waals surface area contributed by atoms with E-state index in [9.17, 15) is 4.79 Å². The van der Waals surface area contributed by atoms with Crippen molar-refractivity contribution < 1.29 is 14.6 Å². The van der Waals surface area contributed by atoms with Gasteiger partial charge in [0.1, 0.15) is 0 Å². The zero-order valence-corrected chi connectivity index (χ0v) is 8.71. The monoisotopic (exact) mass is 201 g/mol. The molecule has 0 saturated carbocycles. The number of hydrogen-bond donors (Lipinski definition) is 2. The maximum Gasteiger partial charge on any atom is 0.303 e. The molecule has 0 radical (unpaired) electrons. The van der Waals surface area contributed by atoms with Crippen molar-refractivity contribution in [3.05, 3.63) is 0 Å². The summed E-state index contributed by atoms with van der Waals surface area (Å²) in [7, 11) is 0. The Kier molecular flexibility index (Phi) is 4.35. The summed E-state index contributed by atoms with van der Waals surface area (Å²) >= 11 is 0. The Morgan fingerprint density at radius 3 is 3.00 bits per heavy atom. The van der Waals surface area contributed by atoms with Crippen molar-refractivity contribution in [3.63, 3.8) is 0 Å². The third kappa shape index (κ3) is 4.07. The van der Waals surface area contributed by atoms with Crippen LogP contribution in [-0.2, 0) is 9.53 Å². The predicted octanol–water partition coefficient (Wildman–Crippen LogP) is 1.01. The van der Waals surface area contributed by atoms with Gasteiger partial charge in [-0.15, -0.1) is 0 Å². The lowest BCUT2D eigenvalue weighted by atomic mass is 9.95. The zero-order valence-electron chi connectivity index (χ0n) is 8.71. The van der Waals surface area contributed by atoms with Crippen molar-refractivity contribution in [1.29, 1.82) is 0 Å². The molecule has 0 aromatic rings. The van der Waals surface area contributed by atoms with E-state index in [1.165, 1.54) is 0 Å². The second-order valence-electron chi connectivity index (χ2n) is 4.14. The van der Waals surface area contributed by atoms with Crippen molar-refractivity contribution >= 4 is 5.97 Å². The Balaban J connectivity index is 2.12. The number of carboxylic acids is 1. The molecule has 1 atom stereocenters. The zero-order chi connectivity index (χ0) is 10.4. The summed E-state index contributed by atoms with van der Waals surface area (Å²) in [6.07, 6.45) is 3.12. The SMILES string of the molecule is CC1(NCCCC(=O)O)CCCOC1. The van der Waals surface area contributed by atoms with E-state index >= 15 is 0 Å². The molecule has 0 spiro atoms. The first kappa shape index (κ1) is 11.5. The van der Waals surface area contributed by atoms with E-state index in [4.69, 9.17) is 9.84 Å². The smallest absolute Gasteiger partial charge is 0.303 e. The highest BCUT2D eigenvalue weighted by Crippen LogP contribution is 2.17. The number of carboxylic acid groups (broad SMARTS) is 1. The van der Waals surface area contributed by atoms with Crippen LogP contribution in [0.3, 0.4) is 0 Å². The summed E-state index contributed by atoms with van der Waals surface area (Å²) in [4.78, 5) is 10.3. The highest BCUT2D eigenvalue weighted by Gasteiger charge is 2.26. The van der Waals surface area contributed by atoms with Crippen molar-refractivity contribution in [2.75, 3.05) is 19.8 Å². The molecule has 0 aromatic heterocycles. The maximum atomic E-state index is 10.3. The molecular weight excluding hydrogens is 182 g/mol. The van der Waals surface area contributed by atoms with Gasteiger partial charge < -0.3 is 15.2 Å². The molecule has 1 unspecified atom stereocenters. The van der Waals surface area contributed by atoms with Crippen LogP contribution in [0.25, 0.3) is 0 Å². The van der Waals surface area contributed by atoms with E-state index in [0.717, 1.165) is 32.6 Å². The molecule has 1 aliphatic rings. The van der Waals surface area contributed by atoms with Crippen LogP contribution in [0.15, 0.2) is 0 Å². The average Bonchev–Trinajstić information content (AvgIpc) is 2.14. The summed E-state index contributed by atoms with van der Waals surface area (Å²) in [5, 5.41) is 11.8. The molecule has 0 aromatic carbocycles. The molecular formula is C10H19NO3. The molecule has 1 fully saturated rings. The minimum atomic E-state index is -0.725. The van der Waals surface area contributed by atoms with Crippen molar-refractivity contribution in [2.24, 2.45) is 0 Å². The Morgan fingerprint density at radius 2 is 2.43 bits per heavy atom. The first-order chi connectivity index (χ1) is 6.62. The van der Waals surface area contributed by atoms with Gasteiger partial charge in [-0.25, -0.2) is 0 Å². The Hall–Kier alpha value is -0.610. The molecule has 1 aliphatic heterocycles. The van der Waals surface area contributed by atoms with Crippen LogP contribution in [-0.4, -0.2) is 36.4 Å². The van der Waals surface area contributed by atoms with Crippen LogP contribution >= 0.6 is 0 Å². The first-order valence-corrected chi connectivity index (χ1v) is 5.17. The van der Waals surface area contributed by atoms with Crippen LogP contribution < -0.4 is 5.32 Å². The van der Waals surface area contributed by atoms with Gasteiger partial charge in [-0.3, -0.25) is 4.79 Å². The van der Waals surface area contributed by atoms with Crippen LogP contribution in [0, 0.1) is 0 Å². The Bertz CT molecular complexity index is 188. The highest BCUT2D eigenvalue weighted by atomic mass is 16.5. The van der Waals surface area contributed by atoms with E-state index in [-0.39, 0.29) is 12.0 Å². The number of carbonyl (C=O) groups is 1. The van der Waals surface area contributed by atoms with E-state index in [1.807, 2.05) is 0 Å². The van der Waals surface area contributed by atoms with E-state index < -0.39 is 5.97 Å². The van der Waals surface area contributed by atoms with Gasteiger partial charge in [-0.2, -0.15) is 0 Å². The first-order valence-electron chi connectivity index (χ1n) is 5.17. The van der Waals surface area contributed by atoms with Crippen LogP contribution in [0.4, 0.5) is 0 Å². The fourth-order valence-corrected chi connectivity index (χ4v) is 1.70. The summed E-state index contributed by atoms with van der Waals surface area (Å²) in [5.74, 6) is -0.725. The molecule has 0 bridgehead atoms. The van der Waals surface area contributed by atoms with Gasteiger partial charge >= 0.3 is 5.97 Å². The molecule has 4 nitrogen and oxygen atoms in total. The van der Waals surface area contributed by atoms with Gasteiger partial charge in [0.2, 0.25) is 0 Å². The normalized spacial score (nSPS) is 27.5. The van der Waals surface area contributed by atoms with E-state index in [0.29, 0.717) is 6.42 Å². The van der Waals surface area contributed by atoms with Crippen molar-refractivity contribution in [1.82, 2.24) is 5.32 Å². The van der Waals surface area contributed by atoms with E-state index in [1.54, 1.807) is 0 Å². The van der Waals surface area contributed by atoms with Crippen LogP contribution in [0.1, 0.15) is 32.6 Å². The molecule has 0 aliphatic carbocycles. The standard InChI is InChI=1S/C10H19NO3/c1-10(5-3-7-14-8-10)11-6-2-4-9(12)13/h11H,2-8H2,1H3,(H,12,13). The molecule has 14 heavy (non-hydrogen) atoms. The summed E-state index contributed by atoms with van der Waals surface area (Å²) in [5.41, 5.74) is 0.0523. The molecule has 1 rings (SSSR count). The second kappa shape index (κ2) is 5.32. The number of nitrogens with one attached hydrogen (secondary N) is 1. The van der Waals surface area contributed by atoms with Crippen LogP contribution in [0.2, 0.25) is 0 Å². The van der Waals surface area contributed by atoms with Gasteiger partial charge in [-0.1, -0.05) is 0 Å². The third-order valence-electron chi connectivity index (χ3n) is 2.56. The number of rotatable bonds is 5. The second-order valence-corrected chi connectivity index (χ2v) is 4.14. The quantitative estimate of drug-likeness (QED) is 0.652. The van der Waals surface area contributed by atoms with Gasteiger partial charge in [0.05, 0.1) is 6.61 Å². The van der Waals surface area contributed by atoms with Gasteiger partial charge in [0, 0.05) is 18.6 Å². The highest BCUT2D eigenvalue weighted by molar-refractivity contribution is 5.66. The molecule has 4 heteroatoms. The number of ether oxygens (including phenoxy) is 1. The fraction of sp³-hybridized carbons (Fsp3) is 0.900. The fourth-order valence-electron chi connectivity index (χ4n) is 1.70. The topological polar surface area (TPSA) is 58.6 Å². The molecule has 2 N–H and O–H groups in total. The Labute approximate surface area is 84.6 Å². The largest absolute Gasteiger partial charge is 0.481 e. The minimum absolute atomic E-state index is 0.0523. The summed E-state index contributed by atoms with van der Waals surface area (Å²) in [6.45, 7) is 4.48. The lowest BCUT2D eigenvalue weighted by Crippen LogP contribution is -2.49. The summed E-state index contributed by atoms with van der Waals surface area (Å²) in [6, 6.07) is 0. The maximum absolute atomic E-state index is 10.3. The van der Waals surface area contributed by atoms with Gasteiger partial charge in [0.15, 0.2) is 0 Å². The lowest BCUT2D eigenvalue weighted by Gasteiger charge is -2.34. The van der Waals surface area contributed by atoms with Crippen molar-refractivity contribution in [3.8, 4) is 0 Å². The van der Waals surface area contributed by atoms with Gasteiger partial charge in [0.25, 0.3) is 0 Å². The van der Waals surface area contributed by atoms with Crippen molar-refractivity contribution in [2.45, 2.75) is 38.1 Å². The average molecular weight is 201 g/mol. The molecule has 82 valence electrons. The van der Waals surface area contributed by atoms with Gasteiger partial charge in [-0.05, 0) is 32.7 Å². The minimum Gasteiger partial charge on any atom is -0.481 e. The third-order valence-corrected chi connectivity index (χ3v) is 2.56. The molecule has 0 amide bonds. The Morgan fingerprint density at radius 1 is 1.64 bits per heavy atom. The van der Waals surface area contributed by atoms with E-state index in [2.05, 4.69) is 12.2 Å². The van der Waals surface area contributed by atoms with Crippen LogP contribution in [0.5, 0.6) is 0 Å².